The fraction of sp³-hybridized carbons (Fsp3) is 0.200. The lowest BCUT2D eigenvalue weighted by atomic mass is 10.1. The molecule has 1 aromatic carbocycles. The summed E-state index contributed by atoms with van der Waals surface area (Å²) in [5.74, 6) is -0.656. The van der Waals surface area contributed by atoms with E-state index in [-0.39, 0.29) is 15.7 Å². The number of thioether (sulfide) groups is 1. The van der Waals surface area contributed by atoms with Gasteiger partial charge in [-0.15, -0.1) is 0 Å². The highest BCUT2D eigenvalue weighted by molar-refractivity contribution is 8.00. The van der Waals surface area contributed by atoms with E-state index >= 15 is 0 Å². The van der Waals surface area contributed by atoms with Crippen molar-refractivity contribution in [1.82, 2.24) is 0 Å². The minimum absolute atomic E-state index is 0.0839. The predicted molar refractivity (Wildman–Crippen MR) is 85.8 cm³/mol. The van der Waals surface area contributed by atoms with Crippen molar-refractivity contribution in [2.24, 2.45) is 0 Å². The Balaban J connectivity index is 2.16. The summed E-state index contributed by atoms with van der Waals surface area (Å²) in [5.41, 5.74) is -1.41. The highest BCUT2D eigenvalue weighted by Gasteiger charge is 2.34. The van der Waals surface area contributed by atoms with Crippen molar-refractivity contribution in [3.8, 4) is 0 Å². The van der Waals surface area contributed by atoms with E-state index in [0.717, 1.165) is 23.9 Å². The van der Waals surface area contributed by atoms with Crippen molar-refractivity contribution in [2.45, 2.75) is 23.4 Å². The van der Waals surface area contributed by atoms with E-state index in [9.17, 15) is 23.2 Å². The van der Waals surface area contributed by atoms with Crippen molar-refractivity contribution in [1.29, 1.82) is 0 Å². The first-order chi connectivity index (χ1) is 11.2. The first kappa shape index (κ1) is 18.4. The van der Waals surface area contributed by atoms with E-state index in [1.807, 2.05) is 0 Å². The molecule has 1 amide bonds. The topological polar surface area (TPSA) is 56.0 Å². The molecule has 0 spiro atoms. The molecule has 128 valence electrons. The molecular formula is C15H12ClF3N2O2S. The molecule has 0 saturated carbocycles. The van der Waals surface area contributed by atoms with Crippen molar-refractivity contribution in [3.05, 3.63) is 58.4 Å². The number of nitrogens with zero attached hydrogens (tertiary/aromatic N) is 1. The quantitative estimate of drug-likeness (QED) is 0.496. The van der Waals surface area contributed by atoms with Crippen molar-refractivity contribution in [3.63, 3.8) is 0 Å². The van der Waals surface area contributed by atoms with E-state index in [1.54, 1.807) is 6.07 Å². The summed E-state index contributed by atoms with van der Waals surface area (Å²) in [6.07, 6.45) is -3.38. The van der Waals surface area contributed by atoms with Gasteiger partial charge >= 0.3 is 6.18 Å². The highest BCUT2D eigenvalue weighted by atomic mass is 35.5. The molecule has 2 aromatic rings. The maximum atomic E-state index is 13.0. The number of alkyl halides is 3. The van der Waals surface area contributed by atoms with Gasteiger partial charge in [0.2, 0.25) is 5.91 Å². The van der Waals surface area contributed by atoms with Gasteiger partial charge in [0.1, 0.15) is 0 Å². The Bertz CT molecular complexity index is 756. The zero-order valence-corrected chi connectivity index (χ0v) is 13.9. The summed E-state index contributed by atoms with van der Waals surface area (Å²) in [6.45, 7) is 1.50. The fourth-order valence-electron chi connectivity index (χ4n) is 1.83. The minimum Gasteiger partial charge on any atom is -0.618 e. The number of rotatable bonds is 4. The third-order valence-corrected chi connectivity index (χ3v) is 4.36. The first-order valence-electron chi connectivity index (χ1n) is 6.71. The molecule has 0 bridgehead atoms. The molecule has 1 unspecified atom stereocenters. The molecule has 0 aliphatic carbocycles. The van der Waals surface area contributed by atoms with E-state index in [0.29, 0.717) is 4.73 Å². The van der Waals surface area contributed by atoms with Crippen LogP contribution in [0.15, 0.2) is 47.6 Å². The molecule has 0 radical (unpaired) electrons. The summed E-state index contributed by atoms with van der Waals surface area (Å²) < 4.78 is 39.6. The standard InChI is InChI=1S/C15H12ClF3N2O2S/c1-9(24-13-4-2-3-7-21(13)23)14(22)20-12-6-5-10(16)8-11(12)15(17,18)19/h2-9H,1H3,(H,20,22). The molecule has 24 heavy (non-hydrogen) atoms. The molecule has 4 nitrogen and oxygen atoms in total. The van der Waals surface area contributed by atoms with Gasteiger partial charge in [0.25, 0.3) is 5.03 Å². The second-order valence-corrected chi connectivity index (χ2v) is 6.60. The minimum atomic E-state index is -4.65. The lowest BCUT2D eigenvalue weighted by molar-refractivity contribution is -0.645. The molecule has 0 aliphatic rings. The number of benzene rings is 1. The monoisotopic (exact) mass is 376 g/mol. The Kier molecular flexibility index (Phi) is 5.61. The normalized spacial score (nSPS) is 12.7. The van der Waals surface area contributed by atoms with Crippen LogP contribution in [-0.4, -0.2) is 11.2 Å². The summed E-state index contributed by atoms with van der Waals surface area (Å²) in [5, 5.41) is 13.2. The van der Waals surface area contributed by atoms with Crippen LogP contribution < -0.4 is 10.0 Å². The Morgan fingerprint density at radius 3 is 2.67 bits per heavy atom. The van der Waals surface area contributed by atoms with Crippen LogP contribution in [0.3, 0.4) is 0 Å². The first-order valence-corrected chi connectivity index (χ1v) is 7.96. The van der Waals surface area contributed by atoms with Crippen molar-refractivity contribution in [2.75, 3.05) is 5.32 Å². The molecule has 1 atom stereocenters. The van der Waals surface area contributed by atoms with Gasteiger partial charge < -0.3 is 10.5 Å². The van der Waals surface area contributed by atoms with E-state index in [2.05, 4.69) is 5.32 Å². The van der Waals surface area contributed by atoms with E-state index in [4.69, 9.17) is 11.6 Å². The van der Waals surface area contributed by atoms with Crippen LogP contribution in [0.1, 0.15) is 12.5 Å². The fourth-order valence-corrected chi connectivity index (χ4v) is 2.86. The van der Waals surface area contributed by atoms with Crippen molar-refractivity contribution < 1.29 is 22.7 Å². The van der Waals surface area contributed by atoms with Gasteiger partial charge in [-0.2, -0.15) is 17.9 Å². The Morgan fingerprint density at radius 1 is 1.33 bits per heavy atom. The molecule has 0 aliphatic heterocycles. The highest BCUT2D eigenvalue weighted by Crippen LogP contribution is 2.36. The molecule has 0 saturated heterocycles. The van der Waals surface area contributed by atoms with Gasteiger partial charge in [0, 0.05) is 17.2 Å². The molecule has 1 N–H and O–H groups in total. The van der Waals surface area contributed by atoms with Crippen LogP contribution in [0, 0.1) is 5.21 Å². The van der Waals surface area contributed by atoms with Gasteiger partial charge in [-0.05, 0) is 43.0 Å². The molecule has 0 fully saturated rings. The molecular weight excluding hydrogens is 365 g/mol. The van der Waals surface area contributed by atoms with Gasteiger partial charge in [-0.1, -0.05) is 11.6 Å². The predicted octanol–water partition coefficient (Wildman–Crippen LogP) is 4.11. The number of halogens is 4. The Morgan fingerprint density at radius 2 is 2.04 bits per heavy atom. The van der Waals surface area contributed by atoms with Crippen LogP contribution in [-0.2, 0) is 11.0 Å². The largest absolute Gasteiger partial charge is 0.618 e. The number of hydrogen-bond acceptors (Lipinski definition) is 3. The van der Waals surface area contributed by atoms with Gasteiger partial charge in [0.05, 0.1) is 16.5 Å². The van der Waals surface area contributed by atoms with Crippen LogP contribution in [0.4, 0.5) is 18.9 Å². The zero-order chi connectivity index (χ0) is 17.9. The van der Waals surface area contributed by atoms with E-state index in [1.165, 1.54) is 31.3 Å². The zero-order valence-electron chi connectivity index (χ0n) is 12.3. The lowest BCUT2D eigenvalue weighted by Crippen LogP contribution is -2.31. The Hall–Kier alpha value is -1.93. The molecule has 1 aromatic heterocycles. The van der Waals surface area contributed by atoms with Gasteiger partial charge in [-0.3, -0.25) is 4.79 Å². The van der Waals surface area contributed by atoms with Gasteiger partial charge in [0.15, 0.2) is 6.20 Å². The van der Waals surface area contributed by atoms with Crippen molar-refractivity contribution >= 4 is 35.0 Å². The number of aromatic nitrogens is 1. The molecule has 2 rings (SSSR count). The smallest absolute Gasteiger partial charge is 0.418 e. The summed E-state index contributed by atoms with van der Waals surface area (Å²) in [4.78, 5) is 12.1. The number of nitrogens with one attached hydrogen (secondary N) is 1. The second kappa shape index (κ2) is 7.31. The summed E-state index contributed by atoms with van der Waals surface area (Å²) in [7, 11) is 0. The number of hydrogen-bond donors (Lipinski definition) is 1. The lowest BCUT2D eigenvalue weighted by Gasteiger charge is -2.16. The van der Waals surface area contributed by atoms with Crippen LogP contribution in [0.25, 0.3) is 0 Å². The number of anilines is 1. The number of pyridine rings is 1. The van der Waals surface area contributed by atoms with Crippen LogP contribution >= 0.6 is 23.4 Å². The van der Waals surface area contributed by atoms with E-state index < -0.39 is 22.9 Å². The van der Waals surface area contributed by atoms with Crippen LogP contribution in [0.2, 0.25) is 5.02 Å². The summed E-state index contributed by atoms with van der Waals surface area (Å²) in [6, 6.07) is 7.78. The summed E-state index contributed by atoms with van der Waals surface area (Å²) >= 11 is 6.54. The van der Waals surface area contributed by atoms with Crippen LogP contribution in [0.5, 0.6) is 0 Å². The molecule has 1 heterocycles. The SMILES string of the molecule is CC(Sc1cccc[n+]1[O-])C(=O)Nc1ccc(Cl)cc1C(F)(F)F. The third kappa shape index (κ3) is 4.55. The average Bonchev–Trinajstić information content (AvgIpc) is 2.50. The second-order valence-electron chi connectivity index (χ2n) is 4.80. The number of carbonyl (C=O) groups excluding carboxylic acids is 1. The molecule has 9 heteroatoms. The maximum Gasteiger partial charge on any atom is 0.418 e. The maximum absolute atomic E-state index is 13.0. The Labute approximate surface area is 145 Å². The number of amides is 1. The number of carbonyl (C=O) groups is 1. The van der Waals surface area contributed by atoms with Gasteiger partial charge in [-0.25, -0.2) is 0 Å². The third-order valence-electron chi connectivity index (χ3n) is 3.00. The average molecular weight is 377 g/mol.